The molecule has 0 radical (unpaired) electrons. The summed E-state index contributed by atoms with van der Waals surface area (Å²) in [4.78, 5) is 0. The molecule has 0 heterocycles. The number of hydrogen-bond donors (Lipinski definition) is 0. The van der Waals surface area contributed by atoms with Crippen molar-refractivity contribution >= 4 is 11.1 Å². The van der Waals surface area contributed by atoms with Gasteiger partial charge in [0.25, 0.3) is 0 Å². The molecule has 138 valence electrons. The number of rotatable bonds is 6. The van der Waals surface area contributed by atoms with Crippen LogP contribution in [0.3, 0.4) is 0 Å². The minimum Gasteiger partial charge on any atom is -0.497 e. The molecule has 0 spiro atoms. The normalized spacial score (nSPS) is 10.2. The highest BCUT2D eigenvalue weighted by atomic mass is 16.5. The summed E-state index contributed by atoms with van der Waals surface area (Å²) in [5, 5.41) is 0. The van der Waals surface area contributed by atoms with Crippen LogP contribution in [0, 0.1) is 0 Å². The molecule has 3 rings (SSSR count). The maximum Gasteiger partial charge on any atom is 0.118 e. The van der Waals surface area contributed by atoms with Crippen LogP contribution in [0.25, 0.3) is 11.1 Å². The molecule has 0 N–H and O–H groups in total. The summed E-state index contributed by atoms with van der Waals surface area (Å²) in [6, 6.07) is 24.4. The second kappa shape index (κ2) is 8.45. The van der Waals surface area contributed by atoms with Gasteiger partial charge in [0.2, 0.25) is 0 Å². The summed E-state index contributed by atoms with van der Waals surface area (Å²) in [5.41, 5.74) is 5.78. The molecule has 3 heteroatoms. The third kappa shape index (κ3) is 4.14. The molecule has 0 aromatic heterocycles. The predicted octanol–water partition coefficient (Wildman–Crippen LogP) is 5.69. The summed E-state index contributed by atoms with van der Waals surface area (Å²) in [6.07, 6.45) is 0. The van der Waals surface area contributed by atoms with Crippen molar-refractivity contribution in [3.05, 3.63) is 89.5 Å². The van der Waals surface area contributed by atoms with Gasteiger partial charge in [-0.15, -0.1) is 0 Å². The summed E-state index contributed by atoms with van der Waals surface area (Å²) < 4.78 is 15.9. The lowest BCUT2D eigenvalue weighted by atomic mass is 9.90. The second-order valence-electron chi connectivity index (χ2n) is 6.19. The quantitative estimate of drug-likeness (QED) is 0.528. The average Bonchev–Trinajstić information content (AvgIpc) is 2.75. The molecule has 0 aliphatic heterocycles. The summed E-state index contributed by atoms with van der Waals surface area (Å²) >= 11 is 0. The van der Waals surface area contributed by atoms with Gasteiger partial charge in [0, 0.05) is 0 Å². The standard InChI is InChI=1S/C24H24O3/c1-17(18-5-11-21(25-2)12-6-18)24(19-7-13-22(26-3)14-8-19)20-9-15-23(27-4)16-10-20/h5-16H,1-4H3. The van der Waals surface area contributed by atoms with Crippen LogP contribution in [0.1, 0.15) is 23.6 Å². The lowest BCUT2D eigenvalue weighted by molar-refractivity contribution is 0.414. The van der Waals surface area contributed by atoms with E-state index in [-0.39, 0.29) is 0 Å². The van der Waals surface area contributed by atoms with Crippen LogP contribution in [-0.2, 0) is 0 Å². The Balaban J connectivity index is 2.14. The van der Waals surface area contributed by atoms with Gasteiger partial charge in [0.05, 0.1) is 21.3 Å². The second-order valence-corrected chi connectivity index (χ2v) is 6.19. The Morgan fingerprint density at radius 3 is 1.07 bits per heavy atom. The topological polar surface area (TPSA) is 27.7 Å². The van der Waals surface area contributed by atoms with Gasteiger partial charge in [0.1, 0.15) is 17.2 Å². The lowest BCUT2D eigenvalue weighted by Crippen LogP contribution is -1.94. The third-order valence-electron chi connectivity index (χ3n) is 4.66. The summed E-state index contributed by atoms with van der Waals surface area (Å²) in [6.45, 7) is 2.14. The van der Waals surface area contributed by atoms with Crippen molar-refractivity contribution in [3.63, 3.8) is 0 Å². The molecule has 0 saturated heterocycles. The van der Waals surface area contributed by atoms with Crippen LogP contribution in [0.15, 0.2) is 72.8 Å². The zero-order valence-electron chi connectivity index (χ0n) is 16.2. The van der Waals surface area contributed by atoms with Gasteiger partial charge >= 0.3 is 0 Å². The first-order valence-electron chi connectivity index (χ1n) is 8.80. The Morgan fingerprint density at radius 1 is 0.481 bits per heavy atom. The number of ether oxygens (including phenoxy) is 3. The molecular formula is C24H24O3. The van der Waals surface area contributed by atoms with Crippen LogP contribution >= 0.6 is 0 Å². The van der Waals surface area contributed by atoms with Crippen molar-refractivity contribution in [2.75, 3.05) is 21.3 Å². The Hall–Kier alpha value is -3.20. The van der Waals surface area contributed by atoms with Gasteiger partial charge in [-0.25, -0.2) is 0 Å². The Kier molecular flexibility index (Phi) is 5.82. The van der Waals surface area contributed by atoms with Crippen molar-refractivity contribution in [3.8, 4) is 17.2 Å². The van der Waals surface area contributed by atoms with Crippen LogP contribution in [0.2, 0.25) is 0 Å². The predicted molar refractivity (Wildman–Crippen MR) is 111 cm³/mol. The van der Waals surface area contributed by atoms with E-state index in [4.69, 9.17) is 14.2 Å². The third-order valence-corrected chi connectivity index (χ3v) is 4.66. The van der Waals surface area contributed by atoms with E-state index in [1.807, 2.05) is 36.4 Å². The molecular weight excluding hydrogens is 336 g/mol. The largest absolute Gasteiger partial charge is 0.497 e. The zero-order valence-corrected chi connectivity index (χ0v) is 16.2. The molecule has 3 aromatic rings. The summed E-state index contributed by atoms with van der Waals surface area (Å²) in [7, 11) is 5.04. The van der Waals surface area contributed by atoms with E-state index in [2.05, 4.69) is 43.3 Å². The van der Waals surface area contributed by atoms with E-state index >= 15 is 0 Å². The minimum atomic E-state index is 0.843. The fourth-order valence-corrected chi connectivity index (χ4v) is 3.10. The maximum absolute atomic E-state index is 5.31. The lowest BCUT2D eigenvalue weighted by Gasteiger charge is -2.15. The molecule has 0 unspecified atom stereocenters. The van der Waals surface area contributed by atoms with Gasteiger partial charge in [-0.3, -0.25) is 0 Å². The highest BCUT2D eigenvalue weighted by Gasteiger charge is 2.12. The van der Waals surface area contributed by atoms with Crippen molar-refractivity contribution in [1.29, 1.82) is 0 Å². The number of benzene rings is 3. The molecule has 0 aliphatic carbocycles. The molecule has 0 saturated carbocycles. The monoisotopic (exact) mass is 360 g/mol. The molecule has 3 nitrogen and oxygen atoms in total. The van der Waals surface area contributed by atoms with Crippen LogP contribution in [0.4, 0.5) is 0 Å². The van der Waals surface area contributed by atoms with Crippen LogP contribution in [-0.4, -0.2) is 21.3 Å². The van der Waals surface area contributed by atoms with Gasteiger partial charge in [-0.1, -0.05) is 36.4 Å². The van der Waals surface area contributed by atoms with Crippen LogP contribution in [0.5, 0.6) is 17.2 Å². The van der Waals surface area contributed by atoms with Gasteiger partial charge in [-0.05, 0) is 71.2 Å². The van der Waals surface area contributed by atoms with Crippen LogP contribution < -0.4 is 14.2 Å². The van der Waals surface area contributed by atoms with Gasteiger partial charge in [-0.2, -0.15) is 0 Å². The molecule has 0 fully saturated rings. The number of hydrogen-bond acceptors (Lipinski definition) is 3. The molecule has 0 aliphatic rings. The molecule has 0 bridgehead atoms. The van der Waals surface area contributed by atoms with Crippen molar-refractivity contribution in [1.82, 2.24) is 0 Å². The van der Waals surface area contributed by atoms with E-state index in [0.717, 1.165) is 33.9 Å². The Labute approximate surface area is 160 Å². The number of allylic oxidation sites excluding steroid dienone is 1. The van der Waals surface area contributed by atoms with Crippen molar-refractivity contribution in [2.24, 2.45) is 0 Å². The first-order valence-corrected chi connectivity index (χ1v) is 8.80. The van der Waals surface area contributed by atoms with E-state index < -0.39 is 0 Å². The Bertz CT molecular complexity index is 856. The van der Waals surface area contributed by atoms with Crippen molar-refractivity contribution in [2.45, 2.75) is 6.92 Å². The SMILES string of the molecule is COc1ccc(C(C)=C(c2ccc(OC)cc2)c2ccc(OC)cc2)cc1. The van der Waals surface area contributed by atoms with E-state index in [1.54, 1.807) is 21.3 Å². The van der Waals surface area contributed by atoms with E-state index in [9.17, 15) is 0 Å². The zero-order chi connectivity index (χ0) is 19.2. The molecule has 0 atom stereocenters. The van der Waals surface area contributed by atoms with Crippen molar-refractivity contribution < 1.29 is 14.2 Å². The fourth-order valence-electron chi connectivity index (χ4n) is 3.10. The minimum absolute atomic E-state index is 0.843. The molecule has 3 aromatic carbocycles. The summed E-state index contributed by atoms with van der Waals surface area (Å²) in [5.74, 6) is 2.53. The number of methoxy groups -OCH3 is 3. The van der Waals surface area contributed by atoms with E-state index in [1.165, 1.54) is 11.1 Å². The van der Waals surface area contributed by atoms with E-state index in [0.29, 0.717) is 0 Å². The van der Waals surface area contributed by atoms with Gasteiger partial charge < -0.3 is 14.2 Å². The first kappa shape index (κ1) is 18.6. The smallest absolute Gasteiger partial charge is 0.118 e. The highest BCUT2D eigenvalue weighted by molar-refractivity contribution is 5.98. The highest BCUT2D eigenvalue weighted by Crippen LogP contribution is 2.34. The molecule has 27 heavy (non-hydrogen) atoms. The Morgan fingerprint density at radius 2 is 0.778 bits per heavy atom. The average molecular weight is 360 g/mol. The maximum atomic E-state index is 5.31. The molecule has 0 amide bonds. The van der Waals surface area contributed by atoms with Gasteiger partial charge in [0.15, 0.2) is 0 Å². The fraction of sp³-hybridized carbons (Fsp3) is 0.167. The first-order chi connectivity index (χ1) is 13.2.